The van der Waals surface area contributed by atoms with Gasteiger partial charge < -0.3 is 0 Å². The number of hydrogen-bond acceptors (Lipinski definition) is 2. The van der Waals surface area contributed by atoms with Crippen LogP contribution in [-0.2, 0) is 0 Å². The summed E-state index contributed by atoms with van der Waals surface area (Å²) in [6.07, 6.45) is 1.13. The zero-order valence-corrected chi connectivity index (χ0v) is 8.95. The van der Waals surface area contributed by atoms with E-state index in [1.165, 1.54) is 0 Å². The Hall–Kier alpha value is -0.650. The van der Waals surface area contributed by atoms with Crippen molar-refractivity contribution in [2.75, 3.05) is 5.75 Å². The highest BCUT2D eigenvalue weighted by Crippen LogP contribution is 2.28. The lowest BCUT2D eigenvalue weighted by Gasteiger charge is -2.02. The van der Waals surface area contributed by atoms with Crippen molar-refractivity contribution in [1.29, 1.82) is 5.26 Å². The molecule has 68 valence electrons. The van der Waals surface area contributed by atoms with Gasteiger partial charge in [-0.1, -0.05) is 18.5 Å². The van der Waals surface area contributed by atoms with E-state index < -0.39 is 0 Å². The Balaban J connectivity index is 2.81. The SMILES string of the molecule is CCCSc1ccc(C#N)cc1Cl. The molecule has 0 aliphatic heterocycles. The van der Waals surface area contributed by atoms with E-state index in [9.17, 15) is 0 Å². The number of rotatable bonds is 3. The van der Waals surface area contributed by atoms with Gasteiger partial charge >= 0.3 is 0 Å². The summed E-state index contributed by atoms with van der Waals surface area (Å²) in [5.74, 6) is 1.06. The maximum absolute atomic E-state index is 8.61. The second-order valence-corrected chi connectivity index (χ2v) is 4.15. The third-order valence-electron chi connectivity index (χ3n) is 1.52. The minimum absolute atomic E-state index is 0.617. The quantitative estimate of drug-likeness (QED) is 0.712. The van der Waals surface area contributed by atoms with Gasteiger partial charge in [-0.15, -0.1) is 11.8 Å². The fraction of sp³-hybridized carbons (Fsp3) is 0.300. The highest BCUT2D eigenvalue weighted by atomic mass is 35.5. The zero-order chi connectivity index (χ0) is 9.68. The Morgan fingerprint density at radius 3 is 2.85 bits per heavy atom. The standard InChI is InChI=1S/C10H10ClNS/c1-2-5-13-10-4-3-8(7-12)6-9(10)11/h3-4,6H,2,5H2,1H3. The zero-order valence-electron chi connectivity index (χ0n) is 7.38. The minimum Gasteiger partial charge on any atom is -0.192 e. The maximum Gasteiger partial charge on any atom is 0.0992 e. The summed E-state index contributed by atoms with van der Waals surface area (Å²) in [5, 5.41) is 9.29. The Bertz CT molecular complexity index is 330. The summed E-state index contributed by atoms with van der Waals surface area (Å²) in [6, 6.07) is 7.46. The van der Waals surface area contributed by atoms with Gasteiger partial charge in [-0.05, 0) is 30.4 Å². The van der Waals surface area contributed by atoms with Gasteiger partial charge in [0.25, 0.3) is 0 Å². The van der Waals surface area contributed by atoms with Gasteiger partial charge in [-0.25, -0.2) is 0 Å². The molecule has 13 heavy (non-hydrogen) atoms. The van der Waals surface area contributed by atoms with Crippen molar-refractivity contribution >= 4 is 23.4 Å². The predicted molar refractivity (Wildman–Crippen MR) is 57.2 cm³/mol. The third kappa shape index (κ3) is 2.95. The molecular formula is C10H10ClNS. The van der Waals surface area contributed by atoms with Crippen molar-refractivity contribution in [2.24, 2.45) is 0 Å². The van der Waals surface area contributed by atoms with Crippen LogP contribution in [0.25, 0.3) is 0 Å². The van der Waals surface area contributed by atoms with E-state index in [2.05, 4.69) is 13.0 Å². The molecule has 0 aliphatic rings. The fourth-order valence-electron chi connectivity index (χ4n) is 0.899. The molecule has 0 atom stereocenters. The monoisotopic (exact) mass is 211 g/mol. The normalized spacial score (nSPS) is 9.62. The van der Waals surface area contributed by atoms with Crippen molar-refractivity contribution in [3.8, 4) is 6.07 Å². The van der Waals surface area contributed by atoms with E-state index in [1.807, 2.05) is 6.07 Å². The van der Waals surface area contributed by atoms with Crippen LogP contribution < -0.4 is 0 Å². The number of halogens is 1. The molecule has 0 saturated carbocycles. The molecule has 0 heterocycles. The van der Waals surface area contributed by atoms with E-state index in [4.69, 9.17) is 16.9 Å². The Kier molecular flexibility index (Phi) is 4.14. The first-order valence-corrected chi connectivity index (χ1v) is 5.46. The molecule has 0 aromatic heterocycles. The second kappa shape index (κ2) is 5.16. The average Bonchev–Trinajstić information content (AvgIpc) is 2.16. The molecule has 0 saturated heterocycles. The molecule has 1 rings (SSSR count). The lowest BCUT2D eigenvalue weighted by atomic mass is 10.2. The Morgan fingerprint density at radius 1 is 1.54 bits per heavy atom. The fourth-order valence-corrected chi connectivity index (χ4v) is 2.03. The van der Waals surface area contributed by atoms with Gasteiger partial charge in [0.05, 0.1) is 16.7 Å². The first-order valence-electron chi connectivity index (χ1n) is 4.10. The number of nitrogens with zero attached hydrogens (tertiary/aromatic N) is 1. The summed E-state index contributed by atoms with van der Waals surface area (Å²) < 4.78 is 0. The molecule has 0 spiro atoms. The summed E-state index contributed by atoms with van der Waals surface area (Å²) >= 11 is 7.70. The van der Waals surface area contributed by atoms with Gasteiger partial charge in [-0.3, -0.25) is 0 Å². The van der Waals surface area contributed by atoms with Crippen molar-refractivity contribution in [3.05, 3.63) is 28.8 Å². The van der Waals surface area contributed by atoms with Crippen LogP contribution in [0.4, 0.5) is 0 Å². The number of nitriles is 1. The number of thioether (sulfide) groups is 1. The van der Waals surface area contributed by atoms with E-state index in [0.717, 1.165) is 17.1 Å². The van der Waals surface area contributed by atoms with Crippen LogP contribution >= 0.6 is 23.4 Å². The molecule has 0 radical (unpaired) electrons. The van der Waals surface area contributed by atoms with E-state index in [0.29, 0.717) is 10.6 Å². The first-order chi connectivity index (χ1) is 6.27. The van der Waals surface area contributed by atoms with Crippen LogP contribution in [-0.4, -0.2) is 5.75 Å². The van der Waals surface area contributed by atoms with Crippen molar-refractivity contribution < 1.29 is 0 Å². The summed E-state index contributed by atoms with van der Waals surface area (Å²) in [4.78, 5) is 1.06. The lowest BCUT2D eigenvalue weighted by molar-refractivity contribution is 1.10. The van der Waals surface area contributed by atoms with Gasteiger partial charge in [-0.2, -0.15) is 5.26 Å². The molecule has 0 bridgehead atoms. The molecular weight excluding hydrogens is 202 g/mol. The summed E-state index contributed by atoms with van der Waals surface area (Å²) in [5.41, 5.74) is 0.617. The molecule has 0 fully saturated rings. The molecule has 1 aromatic carbocycles. The smallest absolute Gasteiger partial charge is 0.0992 e. The highest BCUT2D eigenvalue weighted by molar-refractivity contribution is 7.99. The highest BCUT2D eigenvalue weighted by Gasteiger charge is 2.01. The molecule has 0 N–H and O–H groups in total. The van der Waals surface area contributed by atoms with Crippen molar-refractivity contribution in [2.45, 2.75) is 18.2 Å². The van der Waals surface area contributed by atoms with Crippen LogP contribution in [0.2, 0.25) is 5.02 Å². The lowest BCUT2D eigenvalue weighted by Crippen LogP contribution is -1.80. The summed E-state index contributed by atoms with van der Waals surface area (Å²) in [6.45, 7) is 2.13. The van der Waals surface area contributed by atoms with Gasteiger partial charge in [0.2, 0.25) is 0 Å². The predicted octanol–water partition coefficient (Wildman–Crippen LogP) is 3.71. The van der Waals surface area contributed by atoms with Crippen molar-refractivity contribution in [3.63, 3.8) is 0 Å². The largest absolute Gasteiger partial charge is 0.192 e. The molecule has 0 amide bonds. The second-order valence-electron chi connectivity index (χ2n) is 2.61. The molecule has 1 nitrogen and oxygen atoms in total. The van der Waals surface area contributed by atoms with Crippen LogP contribution in [0.1, 0.15) is 18.9 Å². The maximum atomic E-state index is 8.61. The van der Waals surface area contributed by atoms with Crippen LogP contribution in [0.3, 0.4) is 0 Å². The average molecular weight is 212 g/mol. The van der Waals surface area contributed by atoms with E-state index in [1.54, 1.807) is 23.9 Å². The molecule has 1 aromatic rings. The van der Waals surface area contributed by atoms with Gasteiger partial charge in [0.1, 0.15) is 0 Å². The van der Waals surface area contributed by atoms with Crippen molar-refractivity contribution in [1.82, 2.24) is 0 Å². The Morgan fingerprint density at radius 2 is 2.31 bits per heavy atom. The van der Waals surface area contributed by atoms with E-state index >= 15 is 0 Å². The Labute approximate surface area is 87.7 Å². The van der Waals surface area contributed by atoms with Gasteiger partial charge in [0.15, 0.2) is 0 Å². The van der Waals surface area contributed by atoms with Crippen LogP contribution in [0, 0.1) is 11.3 Å². The molecule has 3 heteroatoms. The minimum atomic E-state index is 0.617. The van der Waals surface area contributed by atoms with E-state index in [-0.39, 0.29) is 0 Å². The third-order valence-corrected chi connectivity index (χ3v) is 3.23. The summed E-state index contributed by atoms with van der Waals surface area (Å²) in [7, 11) is 0. The number of hydrogen-bond donors (Lipinski definition) is 0. The van der Waals surface area contributed by atoms with Crippen LogP contribution in [0.15, 0.2) is 23.1 Å². The molecule has 0 aliphatic carbocycles. The molecule has 0 unspecified atom stereocenters. The van der Waals surface area contributed by atoms with Gasteiger partial charge in [0, 0.05) is 4.90 Å². The topological polar surface area (TPSA) is 23.8 Å². The first kappa shape index (κ1) is 10.4. The van der Waals surface area contributed by atoms with Crippen LogP contribution in [0.5, 0.6) is 0 Å². The number of benzene rings is 1.